The van der Waals surface area contributed by atoms with Gasteiger partial charge in [-0.05, 0) is 61.3 Å². The van der Waals surface area contributed by atoms with Gasteiger partial charge in [0.05, 0.1) is 36.8 Å². The van der Waals surface area contributed by atoms with Crippen molar-refractivity contribution in [1.82, 2.24) is 4.90 Å². The van der Waals surface area contributed by atoms with Gasteiger partial charge in [0.2, 0.25) is 5.91 Å². The summed E-state index contributed by atoms with van der Waals surface area (Å²) in [4.78, 5) is 26.0. The second kappa shape index (κ2) is 9.40. The quantitative estimate of drug-likeness (QED) is 0.476. The van der Waals surface area contributed by atoms with E-state index in [0.29, 0.717) is 31.6 Å². The van der Waals surface area contributed by atoms with Crippen molar-refractivity contribution in [1.29, 1.82) is 5.26 Å². The van der Waals surface area contributed by atoms with E-state index < -0.39 is 18.1 Å². The van der Waals surface area contributed by atoms with Gasteiger partial charge in [-0.25, -0.2) is 0 Å². The standard InChI is InChI=1S/C22H31N5O4/c1-13(8-14(2)26-29)9-17-11-16-5-4-15(12-23)10-18(16)19(17)20(28)27(21(24)25)22(3)30-6-7-31-22/h4-5,10,13-14,17,19,21H,6-9,11,24-25H2,1-3H3. The highest BCUT2D eigenvalue weighted by Crippen LogP contribution is 2.44. The number of ether oxygens (including phenoxy) is 2. The van der Waals surface area contributed by atoms with Crippen molar-refractivity contribution in [2.24, 2.45) is 28.5 Å². The van der Waals surface area contributed by atoms with Crippen molar-refractivity contribution in [2.45, 2.75) is 64.2 Å². The van der Waals surface area contributed by atoms with E-state index in [-0.39, 0.29) is 23.8 Å². The molecule has 1 fully saturated rings. The van der Waals surface area contributed by atoms with Gasteiger partial charge in [0.1, 0.15) is 6.29 Å². The maximum atomic E-state index is 13.9. The number of nitroso groups, excluding NO2 is 1. The zero-order valence-electron chi connectivity index (χ0n) is 18.3. The monoisotopic (exact) mass is 429 g/mol. The summed E-state index contributed by atoms with van der Waals surface area (Å²) in [6.45, 7) is 6.17. The molecule has 1 amide bonds. The number of nitrogens with zero attached hydrogens (tertiary/aromatic N) is 3. The van der Waals surface area contributed by atoms with E-state index in [1.165, 1.54) is 4.90 Å². The van der Waals surface area contributed by atoms with Gasteiger partial charge >= 0.3 is 0 Å². The highest BCUT2D eigenvalue weighted by Gasteiger charge is 2.49. The highest BCUT2D eigenvalue weighted by atomic mass is 16.8. The second-order valence-corrected chi connectivity index (χ2v) is 8.79. The zero-order chi connectivity index (χ0) is 22.8. The Morgan fingerprint density at radius 2 is 2.03 bits per heavy atom. The molecular formula is C22H31N5O4. The molecule has 0 spiro atoms. The number of benzene rings is 1. The second-order valence-electron chi connectivity index (χ2n) is 8.79. The van der Waals surface area contributed by atoms with E-state index in [4.69, 9.17) is 20.9 Å². The van der Waals surface area contributed by atoms with Gasteiger partial charge in [0.25, 0.3) is 5.91 Å². The van der Waals surface area contributed by atoms with Crippen LogP contribution in [0.1, 0.15) is 56.2 Å². The first-order chi connectivity index (χ1) is 14.7. The Morgan fingerprint density at radius 3 is 2.61 bits per heavy atom. The minimum Gasteiger partial charge on any atom is -0.330 e. The number of hydrogen-bond donors (Lipinski definition) is 2. The Hall–Kier alpha value is -2.38. The average Bonchev–Trinajstić information content (AvgIpc) is 3.30. The van der Waals surface area contributed by atoms with Crippen LogP contribution in [0.3, 0.4) is 0 Å². The fourth-order valence-corrected chi connectivity index (χ4v) is 5.00. The topological polar surface area (TPSA) is 144 Å². The van der Waals surface area contributed by atoms with Crippen LogP contribution in [0, 0.1) is 28.1 Å². The molecule has 2 aliphatic rings. The van der Waals surface area contributed by atoms with E-state index in [9.17, 15) is 15.0 Å². The number of carbonyl (C=O) groups is 1. The van der Waals surface area contributed by atoms with Crippen LogP contribution in [-0.4, -0.2) is 42.3 Å². The van der Waals surface area contributed by atoms with Crippen LogP contribution in [0.2, 0.25) is 0 Å². The molecule has 4 atom stereocenters. The summed E-state index contributed by atoms with van der Waals surface area (Å²) in [5.74, 6) is -2.01. The SMILES string of the molecule is CC(CC(C)N=O)CC1Cc2ccc(C#N)cc2C1C(=O)N(C(N)N)C1(C)OCCO1. The molecule has 0 radical (unpaired) electrons. The average molecular weight is 430 g/mol. The Bertz CT molecular complexity index is 862. The first-order valence-corrected chi connectivity index (χ1v) is 10.7. The number of fused-ring (bicyclic) bond motifs is 1. The van der Waals surface area contributed by atoms with Crippen LogP contribution >= 0.6 is 0 Å². The van der Waals surface area contributed by atoms with Crippen molar-refractivity contribution >= 4 is 5.91 Å². The summed E-state index contributed by atoms with van der Waals surface area (Å²) < 4.78 is 11.4. The maximum absolute atomic E-state index is 13.9. The van der Waals surface area contributed by atoms with Crippen molar-refractivity contribution in [3.63, 3.8) is 0 Å². The number of carbonyl (C=O) groups excluding carboxylic acids is 1. The lowest BCUT2D eigenvalue weighted by Gasteiger charge is -2.40. The molecule has 3 rings (SSSR count). The summed E-state index contributed by atoms with van der Waals surface area (Å²) in [6.07, 6.45) is 0.941. The van der Waals surface area contributed by atoms with Gasteiger partial charge in [0, 0.05) is 6.92 Å². The number of amides is 1. The van der Waals surface area contributed by atoms with Crippen LogP contribution in [0.25, 0.3) is 0 Å². The smallest absolute Gasteiger partial charge is 0.253 e. The van der Waals surface area contributed by atoms with Crippen molar-refractivity contribution < 1.29 is 14.3 Å². The number of nitriles is 1. The van der Waals surface area contributed by atoms with Gasteiger partial charge in [-0.1, -0.05) is 18.2 Å². The Morgan fingerprint density at radius 1 is 1.35 bits per heavy atom. The molecular weight excluding hydrogens is 398 g/mol. The lowest BCUT2D eigenvalue weighted by molar-refractivity contribution is -0.251. The first-order valence-electron chi connectivity index (χ1n) is 10.7. The lowest BCUT2D eigenvalue weighted by atomic mass is 9.82. The molecule has 1 aromatic carbocycles. The molecule has 31 heavy (non-hydrogen) atoms. The van der Waals surface area contributed by atoms with Crippen LogP contribution in [0.5, 0.6) is 0 Å². The molecule has 1 heterocycles. The fraction of sp³-hybridized carbons (Fsp3) is 0.636. The third kappa shape index (κ3) is 4.77. The van der Waals surface area contributed by atoms with E-state index in [1.54, 1.807) is 26.0 Å². The Balaban J connectivity index is 1.96. The summed E-state index contributed by atoms with van der Waals surface area (Å²) >= 11 is 0. The van der Waals surface area contributed by atoms with Gasteiger partial charge < -0.3 is 9.47 Å². The van der Waals surface area contributed by atoms with E-state index in [1.807, 2.05) is 6.07 Å². The molecule has 0 saturated carbocycles. The van der Waals surface area contributed by atoms with Crippen LogP contribution in [0.15, 0.2) is 23.4 Å². The fourth-order valence-electron chi connectivity index (χ4n) is 5.00. The Labute approximate surface area is 182 Å². The summed E-state index contributed by atoms with van der Waals surface area (Å²) in [5, 5.41) is 12.5. The zero-order valence-corrected chi connectivity index (χ0v) is 18.3. The Kier molecular flexibility index (Phi) is 7.06. The molecule has 0 aromatic heterocycles. The number of nitrogens with two attached hydrogens (primary N) is 2. The first kappa shape index (κ1) is 23.3. The third-order valence-corrected chi connectivity index (χ3v) is 6.25. The molecule has 168 valence electrons. The predicted molar refractivity (Wildman–Crippen MR) is 114 cm³/mol. The van der Waals surface area contributed by atoms with Crippen LogP contribution in [0.4, 0.5) is 0 Å². The summed E-state index contributed by atoms with van der Waals surface area (Å²) in [6, 6.07) is 7.31. The normalized spacial score (nSPS) is 23.8. The molecule has 1 saturated heterocycles. The highest BCUT2D eigenvalue weighted by molar-refractivity contribution is 5.86. The van der Waals surface area contributed by atoms with Crippen LogP contribution < -0.4 is 11.5 Å². The van der Waals surface area contributed by atoms with Gasteiger partial charge in [-0.3, -0.25) is 21.2 Å². The molecule has 4 N–H and O–H groups in total. The van der Waals surface area contributed by atoms with Crippen molar-refractivity contribution in [3.05, 3.63) is 39.8 Å². The predicted octanol–water partition coefficient (Wildman–Crippen LogP) is 2.14. The molecule has 1 aliphatic carbocycles. The molecule has 1 aromatic rings. The molecule has 1 aliphatic heterocycles. The van der Waals surface area contributed by atoms with E-state index in [2.05, 4.69) is 18.2 Å². The number of rotatable bonds is 8. The lowest BCUT2D eigenvalue weighted by Crippen LogP contribution is -2.63. The maximum Gasteiger partial charge on any atom is 0.253 e. The molecule has 9 heteroatoms. The molecule has 9 nitrogen and oxygen atoms in total. The summed E-state index contributed by atoms with van der Waals surface area (Å²) in [5.41, 5.74) is 14.3. The minimum absolute atomic E-state index is 0.0310. The van der Waals surface area contributed by atoms with E-state index >= 15 is 0 Å². The molecule has 0 bridgehead atoms. The molecule has 4 unspecified atom stereocenters. The van der Waals surface area contributed by atoms with Crippen molar-refractivity contribution in [2.75, 3.05) is 13.2 Å². The third-order valence-electron chi connectivity index (χ3n) is 6.25. The minimum atomic E-state index is -1.34. The largest absolute Gasteiger partial charge is 0.330 e. The van der Waals surface area contributed by atoms with Gasteiger partial charge in [-0.2, -0.15) is 10.2 Å². The van der Waals surface area contributed by atoms with Crippen LogP contribution in [-0.2, 0) is 20.7 Å². The summed E-state index contributed by atoms with van der Waals surface area (Å²) in [7, 11) is 0. The van der Waals surface area contributed by atoms with E-state index in [0.717, 1.165) is 17.5 Å². The number of hydrogen-bond acceptors (Lipinski definition) is 8. The van der Waals surface area contributed by atoms with Crippen molar-refractivity contribution in [3.8, 4) is 6.07 Å². The van der Waals surface area contributed by atoms with Gasteiger partial charge in [0.15, 0.2) is 0 Å². The van der Waals surface area contributed by atoms with Gasteiger partial charge in [-0.15, -0.1) is 0 Å².